The van der Waals surface area contributed by atoms with Gasteiger partial charge in [0.15, 0.2) is 0 Å². The predicted molar refractivity (Wildman–Crippen MR) is 156 cm³/mol. The average molecular weight is 493 g/mol. The molecule has 2 heteroatoms. The molecule has 0 heterocycles. The van der Waals surface area contributed by atoms with Crippen molar-refractivity contribution in [2.45, 2.75) is 194 Å². The lowest BCUT2D eigenvalue weighted by Gasteiger charge is -2.14. The largest absolute Gasteiger partial charge is 0.478 e. The van der Waals surface area contributed by atoms with E-state index in [0.717, 1.165) is 31.3 Å². The topological polar surface area (TPSA) is 37.3 Å². The van der Waals surface area contributed by atoms with Crippen molar-refractivity contribution in [3.63, 3.8) is 0 Å². The molecule has 35 heavy (non-hydrogen) atoms. The van der Waals surface area contributed by atoms with Gasteiger partial charge >= 0.3 is 5.97 Å². The number of carboxylic acids is 1. The lowest BCUT2D eigenvalue weighted by Crippen LogP contribution is -2.06. The van der Waals surface area contributed by atoms with Crippen LogP contribution < -0.4 is 0 Å². The summed E-state index contributed by atoms with van der Waals surface area (Å²) in [4.78, 5) is 12.2. The second-order valence-electron chi connectivity index (χ2n) is 11.1. The van der Waals surface area contributed by atoms with Gasteiger partial charge in [0.25, 0.3) is 0 Å². The van der Waals surface area contributed by atoms with Crippen molar-refractivity contribution in [1.82, 2.24) is 0 Å². The van der Waals surface area contributed by atoms with Crippen molar-refractivity contribution >= 4 is 5.97 Å². The highest BCUT2D eigenvalue weighted by Crippen LogP contribution is 2.25. The SMILES string of the molecule is CCCCCCCCCCC(CCCCCCCCCC)=C(CCCCCCCCCC)C(=O)O. The molecule has 0 unspecified atom stereocenters. The highest BCUT2D eigenvalue weighted by atomic mass is 16.4. The van der Waals surface area contributed by atoms with Crippen LogP contribution in [0.25, 0.3) is 0 Å². The molecule has 0 aliphatic heterocycles. The first-order valence-electron chi connectivity index (χ1n) is 16.1. The van der Waals surface area contributed by atoms with E-state index in [0.29, 0.717) is 0 Å². The van der Waals surface area contributed by atoms with E-state index >= 15 is 0 Å². The van der Waals surface area contributed by atoms with Crippen molar-refractivity contribution in [2.24, 2.45) is 0 Å². The quantitative estimate of drug-likeness (QED) is 0.0870. The second-order valence-corrected chi connectivity index (χ2v) is 11.1. The molecule has 0 saturated carbocycles. The van der Waals surface area contributed by atoms with Gasteiger partial charge in [-0.1, -0.05) is 161 Å². The molecule has 0 spiro atoms. The van der Waals surface area contributed by atoms with Crippen LogP contribution in [0.1, 0.15) is 194 Å². The molecule has 0 aromatic heterocycles. The molecule has 0 rings (SSSR count). The zero-order valence-corrected chi connectivity index (χ0v) is 24.4. The number of carboxylic acid groups (broad SMARTS) is 1. The van der Waals surface area contributed by atoms with Crippen molar-refractivity contribution < 1.29 is 9.90 Å². The number of hydrogen-bond donors (Lipinski definition) is 1. The summed E-state index contributed by atoms with van der Waals surface area (Å²) in [6, 6.07) is 0. The maximum atomic E-state index is 12.2. The van der Waals surface area contributed by atoms with Gasteiger partial charge in [-0.05, 0) is 38.5 Å². The predicted octanol–water partition coefficient (Wildman–Crippen LogP) is 12.0. The fourth-order valence-electron chi connectivity index (χ4n) is 5.24. The van der Waals surface area contributed by atoms with Gasteiger partial charge in [-0.15, -0.1) is 0 Å². The van der Waals surface area contributed by atoms with Crippen molar-refractivity contribution in [1.29, 1.82) is 0 Å². The van der Waals surface area contributed by atoms with Crippen LogP contribution in [0.2, 0.25) is 0 Å². The Morgan fingerprint density at radius 1 is 0.400 bits per heavy atom. The Kier molecular flexibility index (Phi) is 27.2. The van der Waals surface area contributed by atoms with Gasteiger partial charge in [-0.25, -0.2) is 4.79 Å². The van der Waals surface area contributed by atoms with Gasteiger partial charge in [0.2, 0.25) is 0 Å². The molecular formula is C33H64O2. The molecule has 2 nitrogen and oxygen atoms in total. The maximum Gasteiger partial charge on any atom is 0.331 e. The number of unbranched alkanes of at least 4 members (excludes halogenated alkanes) is 21. The number of rotatable bonds is 28. The Morgan fingerprint density at radius 3 is 0.943 bits per heavy atom. The van der Waals surface area contributed by atoms with Crippen LogP contribution in [0.15, 0.2) is 11.1 Å². The van der Waals surface area contributed by atoms with E-state index < -0.39 is 5.97 Å². The summed E-state index contributed by atoms with van der Waals surface area (Å²) in [7, 11) is 0. The van der Waals surface area contributed by atoms with Crippen molar-refractivity contribution in [3.8, 4) is 0 Å². The lowest BCUT2D eigenvalue weighted by molar-refractivity contribution is -0.132. The molecule has 0 fully saturated rings. The van der Waals surface area contributed by atoms with Crippen LogP contribution >= 0.6 is 0 Å². The molecule has 0 atom stereocenters. The summed E-state index contributed by atoms with van der Waals surface area (Å²) in [6.07, 6.45) is 34.0. The van der Waals surface area contributed by atoms with E-state index in [-0.39, 0.29) is 0 Å². The fourth-order valence-corrected chi connectivity index (χ4v) is 5.24. The van der Waals surface area contributed by atoms with Crippen LogP contribution in [-0.2, 0) is 4.79 Å². The summed E-state index contributed by atoms with van der Waals surface area (Å²) < 4.78 is 0. The summed E-state index contributed by atoms with van der Waals surface area (Å²) in [5.41, 5.74) is 2.07. The zero-order chi connectivity index (χ0) is 25.8. The normalized spacial score (nSPS) is 11.2. The van der Waals surface area contributed by atoms with E-state index in [1.807, 2.05) is 0 Å². The lowest BCUT2D eigenvalue weighted by atomic mass is 9.92. The Labute approximate surface area is 221 Å². The molecule has 208 valence electrons. The molecule has 0 saturated heterocycles. The number of allylic oxidation sites excluding steroid dienone is 1. The molecule has 0 aliphatic carbocycles. The van der Waals surface area contributed by atoms with E-state index in [2.05, 4.69) is 20.8 Å². The van der Waals surface area contributed by atoms with Crippen LogP contribution in [0.3, 0.4) is 0 Å². The highest BCUT2D eigenvalue weighted by Gasteiger charge is 2.14. The maximum absolute atomic E-state index is 12.2. The van der Waals surface area contributed by atoms with Crippen molar-refractivity contribution in [3.05, 3.63) is 11.1 Å². The third kappa shape index (κ3) is 23.4. The summed E-state index contributed by atoms with van der Waals surface area (Å²) in [5.74, 6) is -0.637. The van der Waals surface area contributed by atoms with E-state index in [4.69, 9.17) is 0 Å². The molecule has 0 bridgehead atoms. The smallest absolute Gasteiger partial charge is 0.331 e. The van der Waals surface area contributed by atoms with E-state index in [1.165, 1.54) is 153 Å². The molecular weight excluding hydrogens is 428 g/mol. The average Bonchev–Trinajstić information content (AvgIpc) is 2.85. The minimum atomic E-state index is -0.637. The summed E-state index contributed by atoms with van der Waals surface area (Å²) in [5, 5.41) is 10.0. The third-order valence-electron chi connectivity index (χ3n) is 7.63. The first-order valence-corrected chi connectivity index (χ1v) is 16.1. The van der Waals surface area contributed by atoms with E-state index in [1.54, 1.807) is 0 Å². The standard InChI is InChI=1S/C33H64O2/c1-4-7-10-13-16-19-22-25-28-31(29-26-23-20-17-14-11-8-5-2)32(33(34)35)30-27-24-21-18-15-12-9-6-3/h4-30H2,1-3H3,(H,34,35). The first kappa shape index (κ1) is 34.2. The summed E-state index contributed by atoms with van der Waals surface area (Å²) >= 11 is 0. The van der Waals surface area contributed by atoms with Crippen LogP contribution in [0.4, 0.5) is 0 Å². The van der Waals surface area contributed by atoms with Gasteiger partial charge in [-0.2, -0.15) is 0 Å². The zero-order valence-electron chi connectivity index (χ0n) is 24.4. The van der Waals surface area contributed by atoms with Crippen LogP contribution in [0.5, 0.6) is 0 Å². The Morgan fingerprint density at radius 2 is 0.657 bits per heavy atom. The van der Waals surface area contributed by atoms with Crippen LogP contribution in [0, 0.1) is 0 Å². The van der Waals surface area contributed by atoms with Gasteiger partial charge < -0.3 is 5.11 Å². The minimum absolute atomic E-state index is 0.637. The molecule has 0 aromatic carbocycles. The van der Waals surface area contributed by atoms with Gasteiger partial charge in [0.05, 0.1) is 0 Å². The Balaban J connectivity index is 4.53. The monoisotopic (exact) mass is 492 g/mol. The van der Waals surface area contributed by atoms with Gasteiger partial charge in [-0.3, -0.25) is 0 Å². The fraction of sp³-hybridized carbons (Fsp3) is 0.909. The van der Waals surface area contributed by atoms with Gasteiger partial charge in [0, 0.05) is 5.57 Å². The third-order valence-corrected chi connectivity index (χ3v) is 7.63. The molecule has 0 aromatic rings. The Bertz CT molecular complexity index is 457. The second kappa shape index (κ2) is 27.8. The minimum Gasteiger partial charge on any atom is -0.478 e. The van der Waals surface area contributed by atoms with Crippen molar-refractivity contribution in [2.75, 3.05) is 0 Å². The first-order chi connectivity index (χ1) is 17.2. The Hall–Kier alpha value is -0.790. The summed E-state index contributed by atoms with van der Waals surface area (Å²) in [6.45, 7) is 6.81. The number of aliphatic carboxylic acids is 1. The molecule has 0 amide bonds. The van der Waals surface area contributed by atoms with Gasteiger partial charge in [0.1, 0.15) is 0 Å². The molecule has 0 radical (unpaired) electrons. The number of hydrogen-bond acceptors (Lipinski definition) is 1. The van der Waals surface area contributed by atoms with Crippen LogP contribution in [-0.4, -0.2) is 11.1 Å². The molecule has 1 N–H and O–H groups in total. The molecule has 0 aliphatic rings. The van der Waals surface area contributed by atoms with E-state index in [9.17, 15) is 9.90 Å². The number of carbonyl (C=O) groups is 1. The highest BCUT2D eigenvalue weighted by molar-refractivity contribution is 5.87.